The molecule has 2 heteroatoms. The normalized spacial score (nSPS) is 14.2. The van der Waals surface area contributed by atoms with Crippen molar-refractivity contribution in [3.63, 3.8) is 0 Å². The molecule has 13 aromatic rings. The van der Waals surface area contributed by atoms with E-state index in [0.717, 1.165) is 44.2 Å². The van der Waals surface area contributed by atoms with Crippen molar-refractivity contribution in [2.75, 3.05) is 0 Å². The summed E-state index contributed by atoms with van der Waals surface area (Å²) in [5, 5.41) is 9.56. The van der Waals surface area contributed by atoms with Gasteiger partial charge < -0.3 is 8.83 Å². The maximum absolute atomic E-state index is 7.08. The van der Waals surface area contributed by atoms with Gasteiger partial charge in [-0.3, -0.25) is 0 Å². The van der Waals surface area contributed by atoms with E-state index in [0.29, 0.717) is 0 Å². The standard InChI is InChI=1S/C68H46O2/c1-67(2)55-37-53(47-33-31-41(39-19-7-5-8-20-39)43-23-11-13-25-45(43)47)65-61(49-27-15-17-29-57(49)69-65)59(55)51-35-36-52-60-56(68(3,4)64(52)63(51)67)38-54(66-62(60)50-28-16-18-30-58(50)70-66)48-34-32-42(40-21-9-6-10-22-40)44-24-12-14-26-46(44)48/h5-38H,1-4H3. The molecule has 11 aromatic carbocycles. The Kier molecular flexibility index (Phi) is 7.94. The first-order valence-corrected chi connectivity index (χ1v) is 24.6. The van der Waals surface area contributed by atoms with E-state index < -0.39 is 0 Å². The van der Waals surface area contributed by atoms with Crippen LogP contribution in [0.1, 0.15) is 49.9 Å². The highest BCUT2D eigenvalue weighted by molar-refractivity contribution is 6.23. The Bertz CT molecular complexity index is 4100. The van der Waals surface area contributed by atoms with Gasteiger partial charge in [0.1, 0.15) is 22.3 Å². The molecular weight excluding hydrogens is 849 g/mol. The number of furan rings is 2. The molecule has 15 rings (SSSR count). The van der Waals surface area contributed by atoms with E-state index >= 15 is 0 Å². The SMILES string of the molecule is CC1(C)c2cc(-c3ccc(-c4ccccc4)c4ccccc34)c3oc4ccccc4c3c2-c2ccc3c(c21)C(C)(C)c1cc(-c2ccc(-c4ccccc4)c4ccccc24)c2oc4ccccc4c2c1-3. The number of rotatable bonds is 4. The molecule has 70 heavy (non-hydrogen) atoms. The topological polar surface area (TPSA) is 26.3 Å². The zero-order valence-corrected chi connectivity index (χ0v) is 39.4. The second kappa shape index (κ2) is 14.1. The van der Waals surface area contributed by atoms with Gasteiger partial charge in [0.15, 0.2) is 0 Å². The second-order valence-corrected chi connectivity index (χ2v) is 20.6. The van der Waals surface area contributed by atoms with Crippen LogP contribution in [0.5, 0.6) is 0 Å². The lowest BCUT2D eigenvalue weighted by Gasteiger charge is -2.31. The number of hydrogen-bond acceptors (Lipinski definition) is 2. The summed E-state index contributed by atoms with van der Waals surface area (Å²) in [4.78, 5) is 0. The Hall–Kier alpha value is -8.46. The first-order chi connectivity index (χ1) is 34.3. The number of para-hydroxylation sites is 2. The molecule has 0 unspecified atom stereocenters. The minimum absolute atomic E-state index is 0.361. The summed E-state index contributed by atoms with van der Waals surface area (Å²) in [6, 6.07) is 75.5. The van der Waals surface area contributed by atoms with E-state index in [1.807, 2.05) is 0 Å². The molecule has 2 aromatic heterocycles. The summed E-state index contributed by atoms with van der Waals surface area (Å²) in [6.07, 6.45) is 0. The number of hydrogen-bond donors (Lipinski definition) is 0. The molecule has 0 N–H and O–H groups in total. The molecule has 0 spiro atoms. The van der Waals surface area contributed by atoms with E-state index in [2.05, 4.69) is 234 Å². The number of fused-ring (bicyclic) bond motifs is 17. The van der Waals surface area contributed by atoms with Crippen LogP contribution in [0.2, 0.25) is 0 Å². The van der Waals surface area contributed by atoms with Crippen molar-refractivity contribution in [2.45, 2.75) is 38.5 Å². The molecule has 0 amide bonds. The Morgan fingerprint density at radius 2 is 0.600 bits per heavy atom. The van der Waals surface area contributed by atoms with Crippen LogP contribution >= 0.6 is 0 Å². The van der Waals surface area contributed by atoms with Crippen molar-refractivity contribution in [2.24, 2.45) is 0 Å². The van der Waals surface area contributed by atoms with Crippen LogP contribution < -0.4 is 0 Å². The highest BCUT2D eigenvalue weighted by atomic mass is 16.3. The van der Waals surface area contributed by atoms with E-state index in [1.165, 1.54) is 110 Å². The van der Waals surface area contributed by atoms with Gasteiger partial charge in [0.25, 0.3) is 0 Å². The van der Waals surface area contributed by atoms with Crippen LogP contribution in [0.4, 0.5) is 0 Å². The summed E-state index contributed by atoms with van der Waals surface area (Å²) in [5.74, 6) is 0. The quantitative estimate of drug-likeness (QED) is 0.176. The van der Waals surface area contributed by atoms with Crippen molar-refractivity contribution in [3.8, 4) is 66.8 Å². The molecule has 0 saturated carbocycles. The smallest absolute Gasteiger partial charge is 0.143 e. The third-order valence-electron chi connectivity index (χ3n) is 16.2. The highest BCUT2D eigenvalue weighted by Crippen LogP contribution is 2.64. The summed E-state index contributed by atoms with van der Waals surface area (Å²) in [7, 11) is 0. The Morgan fingerprint density at radius 3 is 1.00 bits per heavy atom. The molecule has 2 nitrogen and oxygen atoms in total. The van der Waals surface area contributed by atoms with Gasteiger partial charge in [-0.05, 0) is 124 Å². The molecule has 0 bridgehead atoms. The predicted octanol–water partition coefficient (Wildman–Crippen LogP) is 19.1. The van der Waals surface area contributed by atoms with E-state index in [-0.39, 0.29) is 10.8 Å². The van der Waals surface area contributed by atoms with Crippen LogP contribution in [0.15, 0.2) is 215 Å². The highest BCUT2D eigenvalue weighted by Gasteiger charge is 2.48. The third-order valence-corrected chi connectivity index (χ3v) is 16.2. The van der Waals surface area contributed by atoms with Crippen molar-refractivity contribution in [1.29, 1.82) is 0 Å². The molecule has 0 radical (unpaired) electrons. The fourth-order valence-electron chi connectivity index (χ4n) is 13.1. The van der Waals surface area contributed by atoms with Crippen LogP contribution in [-0.4, -0.2) is 0 Å². The molecule has 2 aliphatic rings. The van der Waals surface area contributed by atoms with Gasteiger partial charge in [0, 0.05) is 43.5 Å². The summed E-state index contributed by atoms with van der Waals surface area (Å²) in [6.45, 7) is 9.83. The fraction of sp³-hybridized carbons (Fsp3) is 0.0882. The van der Waals surface area contributed by atoms with Crippen LogP contribution in [0, 0.1) is 0 Å². The van der Waals surface area contributed by atoms with E-state index in [1.54, 1.807) is 0 Å². The van der Waals surface area contributed by atoms with Gasteiger partial charge >= 0.3 is 0 Å². The lowest BCUT2D eigenvalue weighted by molar-refractivity contribution is 0.601. The molecule has 2 heterocycles. The molecule has 0 aliphatic heterocycles. The summed E-state index contributed by atoms with van der Waals surface area (Å²) < 4.78 is 14.2. The van der Waals surface area contributed by atoms with Gasteiger partial charge in [-0.15, -0.1) is 0 Å². The minimum Gasteiger partial charge on any atom is -0.455 e. The maximum atomic E-state index is 7.08. The third kappa shape index (κ3) is 5.18. The monoisotopic (exact) mass is 894 g/mol. The van der Waals surface area contributed by atoms with Gasteiger partial charge in [-0.25, -0.2) is 0 Å². The Labute approximate surface area is 406 Å². The van der Waals surface area contributed by atoms with Gasteiger partial charge in [0.05, 0.1) is 0 Å². The zero-order chi connectivity index (χ0) is 46.6. The molecule has 0 fully saturated rings. The molecule has 330 valence electrons. The zero-order valence-electron chi connectivity index (χ0n) is 39.4. The van der Waals surface area contributed by atoms with Crippen molar-refractivity contribution >= 4 is 65.4 Å². The van der Waals surface area contributed by atoms with Gasteiger partial charge in [0.2, 0.25) is 0 Å². The van der Waals surface area contributed by atoms with Crippen LogP contribution in [0.3, 0.4) is 0 Å². The van der Waals surface area contributed by atoms with Crippen molar-refractivity contribution in [1.82, 2.24) is 0 Å². The largest absolute Gasteiger partial charge is 0.455 e. The van der Waals surface area contributed by atoms with Crippen LogP contribution in [0.25, 0.3) is 132 Å². The molecule has 0 saturated heterocycles. The van der Waals surface area contributed by atoms with Crippen molar-refractivity contribution in [3.05, 3.63) is 229 Å². The van der Waals surface area contributed by atoms with Crippen molar-refractivity contribution < 1.29 is 8.83 Å². The second-order valence-electron chi connectivity index (χ2n) is 20.6. The minimum atomic E-state index is -0.361. The molecular formula is C68H46O2. The lowest BCUT2D eigenvalue weighted by atomic mass is 9.72. The fourth-order valence-corrected chi connectivity index (χ4v) is 13.1. The van der Waals surface area contributed by atoms with E-state index in [9.17, 15) is 0 Å². The Morgan fingerprint density at radius 1 is 0.286 bits per heavy atom. The summed E-state index contributed by atoms with van der Waals surface area (Å²) >= 11 is 0. The van der Waals surface area contributed by atoms with Crippen LogP contribution in [-0.2, 0) is 10.8 Å². The Balaban J connectivity index is 0.991. The molecule has 2 aliphatic carbocycles. The first kappa shape index (κ1) is 39.5. The lowest BCUT2D eigenvalue weighted by Crippen LogP contribution is -2.24. The average Bonchev–Trinajstić information content (AvgIpc) is 4.11. The van der Waals surface area contributed by atoms with Gasteiger partial charge in [-0.2, -0.15) is 0 Å². The summed E-state index contributed by atoms with van der Waals surface area (Å²) in [5.41, 5.74) is 23.1. The average molecular weight is 895 g/mol. The van der Waals surface area contributed by atoms with E-state index in [4.69, 9.17) is 8.83 Å². The molecule has 0 atom stereocenters. The maximum Gasteiger partial charge on any atom is 0.143 e. The van der Waals surface area contributed by atoms with Gasteiger partial charge in [-0.1, -0.05) is 210 Å². The predicted molar refractivity (Wildman–Crippen MR) is 293 cm³/mol. The number of benzene rings is 11. The first-order valence-electron chi connectivity index (χ1n) is 24.6.